The average Bonchev–Trinajstić information content (AvgIpc) is 3.17. The fourth-order valence-electron chi connectivity index (χ4n) is 4.11. The highest BCUT2D eigenvalue weighted by molar-refractivity contribution is 7.07. The Morgan fingerprint density at radius 3 is 2.59 bits per heavy atom. The molecule has 0 amide bonds. The molecule has 3 aromatic rings. The van der Waals surface area contributed by atoms with E-state index >= 15 is 0 Å². The first-order valence-electron chi connectivity index (χ1n) is 12.1. The van der Waals surface area contributed by atoms with Gasteiger partial charge in [-0.1, -0.05) is 54.3 Å². The van der Waals surface area contributed by atoms with Crippen LogP contribution in [0.2, 0.25) is 0 Å². The van der Waals surface area contributed by atoms with E-state index < -0.39 is 12.0 Å². The SMILES string of the molecule is C=CCOc1ccc(C2C(C(=O)OCC)=C(C)N=c3sc(=Cc4ccccc4OC(C)C)c(=O)n32)cc1. The summed E-state index contributed by atoms with van der Waals surface area (Å²) in [6.07, 6.45) is 3.47. The lowest BCUT2D eigenvalue weighted by Crippen LogP contribution is -2.39. The summed E-state index contributed by atoms with van der Waals surface area (Å²) in [6, 6.07) is 14.2. The Morgan fingerprint density at radius 1 is 1.19 bits per heavy atom. The van der Waals surface area contributed by atoms with Crippen LogP contribution >= 0.6 is 11.3 Å². The number of hydrogen-bond donors (Lipinski definition) is 0. The number of fused-ring (bicyclic) bond motifs is 1. The molecule has 0 radical (unpaired) electrons. The van der Waals surface area contributed by atoms with Gasteiger partial charge in [0.25, 0.3) is 5.56 Å². The third kappa shape index (κ3) is 5.59. The van der Waals surface area contributed by atoms with Gasteiger partial charge in [0.15, 0.2) is 4.80 Å². The van der Waals surface area contributed by atoms with E-state index in [4.69, 9.17) is 14.2 Å². The average molecular weight is 519 g/mol. The number of benzene rings is 2. The first-order valence-corrected chi connectivity index (χ1v) is 12.9. The van der Waals surface area contributed by atoms with E-state index in [1.165, 1.54) is 11.3 Å². The molecule has 0 N–H and O–H groups in total. The van der Waals surface area contributed by atoms with Gasteiger partial charge in [-0.15, -0.1) is 0 Å². The molecule has 7 nitrogen and oxygen atoms in total. The molecular formula is C29H30N2O5S. The van der Waals surface area contributed by atoms with Gasteiger partial charge in [0, 0.05) is 5.56 Å². The summed E-state index contributed by atoms with van der Waals surface area (Å²) in [5.74, 6) is 0.861. The van der Waals surface area contributed by atoms with Gasteiger partial charge < -0.3 is 14.2 Å². The Hall–Kier alpha value is -3.91. The third-order valence-corrected chi connectivity index (χ3v) is 6.63. The number of para-hydroxylation sites is 1. The van der Waals surface area contributed by atoms with E-state index in [-0.39, 0.29) is 18.3 Å². The van der Waals surface area contributed by atoms with Crippen LogP contribution in [0.25, 0.3) is 6.08 Å². The molecule has 0 saturated heterocycles. The Morgan fingerprint density at radius 2 is 1.92 bits per heavy atom. The van der Waals surface area contributed by atoms with E-state index in [1.807, 2.05) is 68.5 Å². The molecule has 0 aliphatic carbocycles. The fourth-order valence-corrected chi connectivity index (χ4v) is 5.15. The largest absolute Gasteiger partial charge is 0.490 e. The van der Waals surface area contributed by atoms with Crippen LogP contribution in [0.5, 0.6) is 11.5 Å². The molecule has 1 aromatic heterocycles. The summed E-state index contributed by atoms with van der Waals surface area (Å²) in [4.78, 5) is 32.0. The lowest BCUT2D eigenvalue weighted by Gasteiger charge is -2.24. The highest BCUT2D eigenvalue weighted by atomic mass is 32.1. The molecule has 0 bridgehead atoms. The molecule has 1 aliphatic rings. The molecule has 1 atom stereocenters. The van der Waals surface area contributed by atoms with E-state index in [0.29, 0.717) is 38.7 Å². The normalized spacial score (nSPS) is 15.3. The zero-order valence-corrected chi connectivity index (χ0v) is 22.2. The molecule has 37 heavy (non-hydrogen) atoms. The Labute approximate surface area is 219 Å². The summed E-state index contributed by atoms with van der Waals surface area (Å²) < 4.78 is 19.0. The standard InChI is InChI=1S/C29H30N2O5S/c1-6-16-35-22-14-12-20(13-15-22)26-25(28(33)34-7-2)19(5)30-29-31(26)27(32)24(37-29)17-21-10-8-9-11-23(21)36-18(3)4/h6,8-15,17-18,26H,1,7,16H2,2-5H3. The van der Waals surface area contributed by atoms with Crippen molar-refractivity contribution in [2.45, 2.75) is 39.8 Å². The lowest BCUT2D eigenvalue weighted by molar-refractivity contribution is -0.139. The minimum absolute atomic E-state index is 0.0102. The van der Waals surface area contributed by atoms with Crippen LogP contribution in [-0.2, 0) is 9.53 Å². The minimum Gasteiger partial charge on any atom is -0.490 e. The van der Waals surface area contributed by atoms with Gasteiger partial charge in [0.2, 0.25) is 0 Å². The number of rotatable bonds is 9. The van der Waals surface area contributed by atoms with Gasteiger partial charge in [-0.25, -0.2) is 9.79 Å². The van der Waals surface area contributed by atoms with Crippen LogP contribution < -0.4 is 24.4 Å². The van der Waals surface area contributed by atoms with Crippen molar-refractivity contribution in [1.82, 2.24) is 4.57 Å². The number of carbonyl (C=O) groups excluding carboxylic acids is 1. The molecular weight excluding hydrogens is 488 g/mol. The van der Waals surface area contributed by atoms with Crippen molar-refractivity contribution >= 4 is 23.4 Å². The van der Waals surface area contributed by atoms with Gasteiger partial charge in [0.05, 0.1) is 34.6 Å². The van der Waals surface area contributed by atoms with Crippen LogP contribution in [0.1, 0.15) is 44.9 Å². The summed E-state index contributed by atoms with van der Waals surface area (Å²) in [6.45, 7) is 11.7. The molecule has 192 valence electrons. The second kappa shape index (κ2) is 11.4. The molecule has 0 fully saturated rings. The number of esters is 1. The zero-order chi connectivity index (χ0) is 26.5. The monoisotopic (exact) mass is 518 g/mol. The lowest BCUT2D eigenvalue weighted by atomic mass is 9.96. The Bertz CT molecular complexity index is 1510. The van der Waals surface area contributed by atoms with Gasteiger partial charge in [-0.2, -0.15) is 0 Å². The number of nitrogens with zero attached hydrogens (tertiary/aromatic N) is 2. The summed E-state index contributed by atoms with van der Waals surface area (Å²) in [5, 5.41) is 0. The van der Waals surface area contributed by atoms with E-state index in [9.17, 15) is 9.59 Å². The Balaban J connectivity index is 1.88. The molecule has 2 heterocycles. The maximum Gasteiger partial charge on any atom is 0.338 e. The van der Waals surface area contributed by atoms with Crippen LogP contribution in [-0.4, -0.2) is 29.9 Å². The predicted molar refractivity (Wildman–Crippen MR) is 145 cm³/mol. The third-order valence-electron chi connectivity index (χ3n) is 5.65. The van der Waals surface area contributed by atoms with Crippen LogP contribution in [0.3, 0.4) is 0 Å². The van der Waals surface area contributed by atoms with E-state index in [0.717, 1.165) is 11.1 Å². The van der Waals surface area contributed by atoms with Crippen molar-refractivity contribution in [3.8, 4) is 11.5 Å². The molecule has 2 aromatic carbocycles. The number of thiazole rings is 1. The maximum atomic E-state index is 13.8. The van der Waals surface area contributed by atoms with Crippen molar-refractivity contribution in [3.63, 3.8) is 0 Å². The van der Waals surface area contributed by atoms with Crippen molar-refractivity contribution in [1.29, 1.82) is 0 Å². The first kappa shape index (κ1) is 26.2. The van der Waals surface area contributed by atoms with Gasteiger partial charge in [-0.3, -0.25) is 9.36 Å². The quantitative estimate of drug-likeness (QED) is 0.314. The number of carbonyl (C=O) groups is 1. The first-order chi connectivity index (χ1) is 17.8. The summed E-state index contributed by atoms with van der Waals surface area (Å²) >= 11 is 1.28. The topological polar surface area (TPSA) is 79.1 Å². The smallest absolute Gasteiger partial charge is 0.338 e. The predicted octanol–water partition coefficient (Wildman–Crippen LogP) is 4.15. The number of allylic oxidation sites excluding steroid dienone is 1. The van der Waals surface area contributed by atoms with E-state index in [1.54, 1.807) is 24.5 Å². The molecule has 0 spiro atoms. The van der Waals surface area contributed by atoms with Crippen LogP contribution in [0, 0.1) is 0 Å². The number of ether oxygens (including phenoxy) is 3. The van der Waals surface area contributed by atoms with Crippen molar-refractivity contribution < 1.29 is 19.0 Å². The maximum absolute atomic E-state index is 13.8. The van der Waals surface area contributed by atoms with Crippen LogP contribution in [0.4, 0.5) is 0 Å². The second-order valence-corrected chi connectivity index (χ2v) is 9.68. The van der Waals surface area contributed by atoms with Crippen molar-refractivity contribution in [2.75, 3.05) is 13.2 Å². The van der Waals surface area contributed by atoms with Crippen molar-refractivity contribution in [3.05, 3.63) is 103 Å². The second-order valence-electron chi connectivity index (χ2n) is 8.68. The minimum atomic E-state index is -0.687. The highest BCUT2D eigenvalue weighted by Gasteiger charge is 2.33. The summed E-state index contributed by atoms with van der Waals surface area (Å²) in [7, 11) is 0. The summed E-state index contributed by atoms with van der Waals surface area (Å²) in [5.41, 5.74) is 2.16. The fraction of sp³-hybridized carbons (Fsp3) is 0.276. The van der Waals surface area contributed by atoms with Gasteiger partial charge in [0.1, 0.15) is 18.1 Å². The molecule has 1 aliphatic heterocycles. The van der Waals surface area contributed by atoms with Crippen molar-refractivity contribution in [2.24, 2.45) is 4.99 Å². The molecule has 8 heteroatoms. The molecule has 4 rings (SSSR count). The molecule has 0 saturated carbocycles. The van der Waals surface area contributed by atoms with Crippen LogP contribution in [0.15, 0.2) is 82.2 Å². The molecule has 1 unspecified atom stereocenters. The van der Waals surface area contributed by atoms with E-state index in [2.05, 4.69) is 11.6 Å². The van der Waals surface area contributed by atoms with Gasteiger partial charge >= 0.3 is 5.97 Å². The highest BCUT2D eigenvalue weighted by Crippen LogP contribution is 2.31. The Kier molecular flexibility index (Phi) is 8.08. The number of aromatic nitrogens is 1. The zero-order valence-electron chi connectivity index (χ0n) is 21.4. The van der Waals surface area contributed by atoms with Gasteiger partial charge in [-0.05, 0) is 57.5 Å². The number of hydrogen-bond acceptors (Lipinski definition) is 7.